The number of hydrogen-bond acceptors (Lipinski definition) is 5. The molecular formula is C21H18N2O5S. The number of carbonyl (C=O) groups is 2. The summed E-state index contributed by atoms with van der Waals surface area (Å²) in [6.45, 7) is 1.53. The zero-order valence-electron chi connectivity index (χ0n) is 15.7. The SMILES string of the molecule is COC(=O)c1cccc(NC(=O)C(C)N2c3cccc4cccc(c34)S2(=O)=O)c1. The van der Waals surface area contributed by atoms with E-state index in [1.54, 1.807) is 42.5 Å². The molecule has 1 amide bonds. The summed E-state index contributed by atoms with van der Waals surface area (Å²) in [7, 11) is -2.59. The number of ether oxygens (including phenoxy) is 1. The van der Waals surface area contributed by atoms with Crippen LogP contribution in [0.3, 0.4) is 0 Å². The van der Waals surface area contributed by atoms with Crippen molar-refractivity contribution in [1.82, 2.24) is 0 Å². The number of hydrogen-bond donors (Lipinski definition) is 1. The van der Waals surface area contributed by atoms with Gasteiger partial charge in [0.2, 0.25) is 5.91 Å². The summed E-state index contributed by atoms with van der Waals surface area (Å²) in [6, 6.07) is 15.6. The molecule has 3 aromatic rings. The lowest BCUT2D eigenvalue weighted by Crippen LogP contribution is -2.44. The van der Waals surface area contributed by atoms with E-state index < -0.39 is 27.9 Å². The van der Waals surface area contributed by atoms with Gasteiger partial charge in [0.25, 0.3) is 10.0 Å². The molecule has 29 heavy (non-hydrogen) atoms. The van der Waals surface area contributed by atoms with E-state index in [0.717, 1.165) is 9.69 Å². The number of nitrogens with zero attached hydrogens (tertiary/aromatic N) is 1. The molecule has 148 valence electrons. The average molecular weight is 410 g/mol. The van der Waals surface area contributed by atoms with Crippen LogP contribution < -0.4 is 9.62 Å². The van der Waals surface area contributed by atoms with Crippen molar-refractivity contribution in [2.45, 2.75) is 17.9 Å². The lowest BCUT2D eigenvalue weighted by atomic mass is 10.1. The Morgan fingerprint density at radius 2 is 1.72 bits per heavy atom. The fraction of sp³-hybridized carbons (Fsp3) is 0.143. The molecule has 0 bridgehead atoms. The van der Waals surface area contributed by atoms with Crippen LogP contribution >= 0.6 is 0 Å². The fourth-order valence-corrected chi connectivity index (χ4v) is 5.40. The Bertz CT molecular complexity index is 1250. The predicted molar refractivity (Wildman–Crippen MR) is 109 cm³/mol. The smallest absolute Gasteiger partial charge is 0.337 e. The van der Waals surface area contributed by atoms with Gasteiger partial charge in [-0.25, -0.2) is 13.2 Å². The molecule has 8 heteroatoms. The maximum Gasteiger partial charge on any atom is 0.337 e. The molecule has 0 radical (unpaired) electrons. The molecule has 7 nitrogen and oxygen atoms in total. The van der Waals surface area contributed by atoms with Crippen LogP contribution in [-0.4, -0.2) is 33.4 Å². The van der Waals surface area contributed by atoms with Crippen LogP contribution in [0.1, 0.15) is 17.3 Å². The highest BCUT2D eigenvalue weighted by molar-refractivity contribution is 7.93. The van der Waals surface area contributed by atoms with Crippen LogP contribution in [0, 0.1) is 0 Å². The van der Waals surface area contributed by atoms with Gasteiger partial charge in [-0.3, -0.25) is 9.10 Å². The van der Waals surface area contributed by atoms with Gasteiger partial charge >= 0.3 is 5.97 Å². The number of sulfonamides is 1. The zero-order chi connectivity index (χ0) is 20.8. The Morgan fingerprint density at radius 3 is 2.45 bits per heavy atom. The molecule has 0 aromatic heterocycles. The number of anilines is 2. The van der Waals surface area contributed by atoms with Gasteiger partial charge in [-0.05, 0) is 42.6 Å². The van der Waals surface area contributed by atoms with Gasteiger partial charge < -0.3 is 10.1 Å². The van der Waals surface area contributed by atoms with Crippen molar-refractivity contribution in [2.75, 3.05) is 16.7 Å². The second-order valence-electron chi connectivity index (χ2n) is 6.67. The summed E-state index contributed by atoms with van der Waals surface area (Å²) in [4.78, 5) is 24.8. The van der Waals surface area contributed by atoms with E-state index in [0.29, 0.717) is 16.8 Å². The molecule has 0 saturated carbocycles. The molecule has 0 saturated heterocycles. The molecule has 1 unspecified atom stereocenters. The average Bonchev–Trinajstić information content (AvgIpc) is 2.95. The van der Waals surface area contributed by atoms with Gasteiger partial charge in [0.15, 0.2) is 0 Å². The summed E-state index contributed by atoms with van der Waals surface area (Å²) < 4.78 is 32.1. The largest absolute Gasteiger partial charge is 0.465 e. The number of carbonyl (C=O) groups excluding carboxylic acids is 2. The van der Waals surface area contributed by atoms with E-state index in [9.17, 15) is 18.0 Å². The Morgan fingerprint density at radius 1 is 1.03 bits per heavy atom. The van der Waals surface area contributed by atoms with Crippen LogP contribution in [-0.2, 0) is 19.6 Å². The molecule has 1 N–H and O–H groups in total. The predicted octanol–water partition coefficient (Wildman–Crippen LogP) is 3.16. The highest BCUT2D eigenvalue weighted by Gasteiger charge is 2.40. The van der Waals surface area contributed by atoms with Gasteiger partial charge in [-0.2, -0.15) is 0 Å². The number of nitrogens with one attached hydrogen (secondary N) is 1. The molecule has 0 fully saturated rings. The van der Waals surface area contributed by atoms with Crippen LogP contribution in [0.5, 0.6) is 0 Å². The Kier molecular flexibility index (Phi) is 4.50. The maximum absolute atomic E-state index is 13.1. The van der Waals surface area contributed by atoms with Crippen LogP contribution in [0.15, 0.2) is 65.6 Å². The van der Waals surface area contributed by atoms with E-state index in [1.165, 1.54) is 20.1 Å². The zero-order valence-corrected chi connectivity index (χ0v) is 16.6. The normalized spacial score (nSPS) is 15.2. The summed E-state index contributed by atoms with van der Waals surface area (Å²) >= 11 is 0. The number of rotatable bonds is 4. The highest BCUT2D eigenvalue weighted by atomic mass is 32.2. The van der Waals surface area contributed by atoms with E-state index >= 15 is 0 Å². The summed E-state index contributed by atoms with van der Waals surface area (Å²) in [5.74, 6) is -1.04. The van der Waals surface area contributed by atoms with Gasteiger partial charge in [0.05, 0.1) is 23.3 Å². The third kappa shape index (κ3) is 3.01. The van der Waals surface area contributed by atoms with Gasteiger partial charge in [-0.15, -0.1) is 0 Å². The molecule has 1 atom stereocenters. The summed E-state index contributed by atoms with van der Waals surface area (Å²) in [5, 5.41) is 4.09. The Balaban J connectivity index is 1.67. The van der Waals surface area contributed by atoms with Gasteiger partial charge in [0, 0.05) is 11.1 Å². The van der Waals surface area contributed by atoms with Gasteiger partial charge in [0.1, 0.15) is 6.04 Å². The lowest BCUT2D eigenvalue weighted by Gasteiger charge is -2.25. The summed E-state index contributed by atoms with van der Waals surface area (Å²) in [6.07, 6.45) is 0. The summed E-state index contributed by atoms with van der Waals surface area (Å²) in [5.41, 5.74) is 1.13. The molecule has 1 aliphatic rings. The van der Waals surface area contributed by atoms with Crippen molar-refractivity contribution in [2.24, 2.45) is 0 Å². The van der Waals surface area contributed by atoms with E-state index in [2.05, 4.69) is 10.1 Å². The minimum Gasteiger partial charge on any atom is -0.465 e. The fourth-order valence-electron chi connectivity index (χ4n) is 3.53. The van der Waals surface area contributed by atoms with Gasteiger partial charge in [-0.1, -0.05) is 30.3 Å². The first-order valence-electron chi connectivity index (χ1n) is 8.90. The van der Waals surface area contributed by atoms with Crippen molar-refractivity contribution < 1.29 is 22.7 Å². The third-order valence-corrected chi connectivity index (χ3v) is 6.83. The highest BCUT2D eigenvalue weighted by Crippen LogP contribution is 2.43. The number of methoxy groups -OCH3 is 1. The molecule has 4 rings (SSSR count). The quantitative estimate of drug-likeness (QED) is 0.667. The van der Waals surface area contributed by atoms with Crippen molar-refractivity contribution in [3.63, 3.8) is 0 Å². The second-order valence-corrected chi connectivity index (χ2v) is 8.45. The third-order valence-electron chi connectivity index (χ3n) is 4.90. The molecule has 1 heterocycles. The maximum atomic E-state index is 13.1. The monoisotopic (exact) mass is 410 g/mol. The van der Waals surface area contributed by atoms with E-state index in [-0.39, 0.29) is 10.5 Å². The number of esters is 1. The Labute approximate surface area is 167 Å². The van der Waals surface area contributed by atoms with Crippen molar-refractivity contribution in [1.29, 1.82) is 0 Å². The van der Waals surface area contributed by atoms with Crippen LogP contribution in [0.25, 0.3) is 10.8 Å². The first-order chi connectivity index (χ1) is 13.8. The van der Waals surface area contributed by atoms with Crippen LogP contribution in [0.4, 0.5) is 11.4 Å². The number of amides is 1. The van der Waals surface area contributed by atoms with E-state index in [4.69, 9.17) is 0 Å². The molecule has 0 aliphatic carbocycles. The minimum absolute atomic E-state index is 0.193. The van der Waals surface area contributed by atoms with Crippen molar-refractivity contribution in [3.8, 4) is 0 Å². The van der Waals surface area contributed by atoms with Crippen molar-refractivity contribution >= 4 is 44.0 Å². The first-order valence-corrected chi connectivity index (χ1v) is 10.3. The molecule has 3 aromatic carbocycles. The van der Waals surface area contributed by atoms with Crippen molar-refractivity contribution in [3.05, 3.63) is 66.2 Å². The topological polar surface area (TPSA) is 92.8 Å². The minimum atomic E-state index is -3.86. The molecule has 1 aliphatic heterocycles. The van der Waals surface area contributed by atoms with Crippen LogP contribution in [0.2, 0.25) is 0 Å². The van der Waals surface area contributed by atoms with E-state index in [1.807, 2.05) is 12.1 Å². The lowest BCUT2D eigenvalue weighted by molar-refractivity contribution is -0.116. The standard InChI is InChI=1S/C21H18N2O5S/c1-13(20(24)22-16-9-3-8-15(12-16)21(25)28-2)23-17-10-4-6-14-7-5-11-18(19(14)17)29(23,26)27/h3-13H,1-2H3,(H,22,24). The Hall–Kier alpha value is -3.39. The first kappa shape index (κ1) is 18.9. The number of benzene rings is 3. The molecule has 0 spiro atoms. The molecular weight excluding hydrogens is 392 g/mol. The second kappa shape index (κ2) is 6.89.